The predicted molar refractivity (Wildman–Crippen MR) is 209 cm³/mol. The average molecular weight is 843 g/mol. The number of carbonyl (C=O) groups is 3. The predicted octanol–water partition coefficient (Wildman–Crippen LogP) is 12.1. The van der Waals surface area contributed by atoms with Gasteiger partial charge in [0, 0.05) is 28.8 Å². The lowest BCUT2D eigenvalue weighted by molar-refractivity contribution is 0.0370. The van der Waals surface area contributed by atoms with Gasteiger partial charge < -0.3 is 4.74 Å². The Balaban J connectivity index is 0.000000190. The van der Waals surface area contributed by atoms with Gasteiger partial charge >= 0.3 is 12.0 Å². The first-order valence-corrected chi connectivity index (χ1v) is 17.9. The van der Waals surface area contributed by atoms with Gasteiger partial charge in [0.1, 0.15) is 22.8 Å². The maximum atomic E-state index is 13.9. The molecule has 0 aliphatic heterocycles. The van der Waals surface area contributed by atoms with Crippen molar-refractivity contribution in [3.05, 3.63) is 158 Å². The van der Waals surface area contributed by atoms with Crippen LogP contribution in [0.25, 0.3) is 33.8 Å². The number of halogens is 8. The van der Waals surface area contributed by atoms with E-state index in [1.165, 1.54) is 18.2 Å². The Morgan fingerprint density at radius 2 is 0.947 bits per heavy atom. The second-order valence-electron chi connectivity index (χ2n) is 12.6. The third kappa shape index (κ3) is 11.7. The molecule has 0 saturated heterocycles. The standard InChI is InChI=1S/C16H15F2NO2.C13H8Cl3NO.C13H8F3NO/c1-9(2)21-16(20)13-8-12(17)14(18)15(19-13)11-6-4-10(3)5-7-11;2*1-7-2-4-8(5-3-7)12-11(15)9(14)6-10(17-12)13(16)18/h4-9H,1-3H3;2*2-6H,1H3. The summed E-state index contributed by atoms with van der Waals surface area (Å²) < 4.78 is 71.8. The summed E-state index contributed by atoms with van der Waals surface area (Å²) in [5, 5.41) is -0.102. The van der Waals surface area contributed by atoms with Crippen molar-refractivity contribution >= 4 is 52.1 Å². The van der Waals surface area contributed by atoms with Crippen molar-refractivity contribution in [2.75, 3.05) is 0 Å². The van der Waals surface area contributed by atoms with E-state index in [1.54, 1.807) is 50.2 Å². The number of pyridine rings is 3. The number of carbonyl (C=O) groups excluding carboxylic acids is 3. The first kappa shape index (κ1) is 44.2. The van der Waals surface area contributed by atoms with Crippen LogP contribution in [-0.4, -0.2) is 38.3 Å². The zero-order valence-corrected chi connectivity index (χ0v) is 33.0. The van der Waals surface area contributed by atoms with Gasteiger partial charge in [-0.2, -0.15) is 4.39 Å². The number of ether oxygens (including phenoxy) is 1. The smallest absolute Gasteiger partial charge is 0.357 e. The van der Waals surface area contributed by atoms with Crippen LogP contribution in [0.4, 0.5) is 22.0 Å². The highest BCUT2D eigenvalue weighted by Crippen LogP contribution is 2.33. The second kappa shape index (κ2) is 19.5. The Bertz CT molecular complexity index is 2320. The minimum absolute atomic E-state index is 0.0849. The first-order valence-electron chi connectivity index (χ1n) is 16.8. The summed E-state index contributed by atoms with van der Waals surface area (Å²) in [6.45, 7) is 9.02. The minimum Gasteiger partial charge on any atom is -0.458 e. The largest absolute Gasteiger partial charge is 0.458 e. The normalized spacial score (nSPS) is 10.6. The molecule has 6 rings (SSSR count). The molecule has 294 valence electrons. The lowest BCUT2D eigenvalue weighted by Gasteiger charge is -2.10. The molecular weight excluding hydrogens is 812 g/mol. The molecule has 0 spiro atoms. The molecule has 57 heavy (non-hydrogen) atoms. The summed E-state index contributed by atoms with van der Waals surface area (Å²) in [5.41, 5.74) is 3.45. The number of aryl methyl sites for hydroxylation is 3. The number of hydrogen-bond donors (Lipinski definition) is 0. The number of rotatable bonds is 7. The average Bonchev–Trinajstić information content (AvgIpc) is 3.16. The van der Waals surface area contributed by atoms with E-state index in [1.807, 2.05) is 45.0 Å². The molecule has 0 amide bonds. The monoisotopic (exact) mass is 841 g/mol. The number of nitrogens with zero attached hydrogens (tertiary/aromatic N) is 3. The first-order chi connectivity index (χ1) is 26.9. The van der Waals surface area contributed by atoms with Gasteiger partial charge in [-0.25, -0.2) is 37.3 Å². The summed E-state index contributed by atoms with van der Waals surface area (Å²) in [4.78, 5) is 45.0. The Labute approximate surface area is 339 Å². The lowest BCUT2D eigenvalue weighted by atomic mass is 10.1. The van der Waals surface area contributed by atoms with Gasteiger partial charge in [-0.05, 0) is 52.3 Å². The maximum absolute atomic E-state index is 13.9. The number of esters is 1. The third-order valence-corrected chi connectivity index (χ3v) is 8.64. The molecule has 6 aromatic rings. The van der Waals surface area contributed by atoms with Gasteiger partial charge in [0.25, 0.3) is 5.24 Å². The molecule has 0 bridgehead atoms. The highest BCUT2D eigenvalue weighted by atomic mass is 35.5. The van der Waals surface area contributed by atoms with Gasteiger partial charge in [-0.1, -0.05) is 113 Å². The molecule has 0 saturated carbocycles. The molecule has 0 aliphatic carbocycles. The lowest BCUT2D eigenvalue weighted by Crippen LogP contribution is -2.14. The molecule has 3 aromatic carbocycles. The van der Waals surface area contributed by atoms with Crippen LogP contribution in [0.15, 0.2) is 91.0 Å². The van der Waals surface area contributed by atoms with Crippen LogP contribution in [-0.2, 0) is 4.74 Å². The third-order valence-electron chi connectivity index (χ3n) is 7.67. The van der Waals surface area contributed by atoms with E-state index in [9.17, 15) is 36.3 Å². The van der Waals surface area contributed by atoms with Crippen molar-refractivity contribution in [3.63, 3.8) is 0 Å². The zero-order valence-electron chi connectivity index (χ0n) is 30.7. The van der Waals surface area contributed by atoms with Gasteiger partial charge in [-0.3, -0.25) is 9.59 Å². The number of benzene rings is 3. The molecule has 0 fully saturated rings. The van der Waals surface area contributed by atoms with E-state index in [0.29, 0.717) is 22.3 Å². The summed E-state index contributed by atoms with van der Waals surface area (Å²) in [6.07, 6.45) is -0.366. The van der Waals surface area contributed by atoms with Crippen molar-refractivity contribution in [3.8, 4) is 33.8 Å². The SMILES string of the molecule is Cc1ccc(-c2nc(C(=O)Cl)cc(Cl)c2Cl)cc1.Cc1ccc(-c2nc(C(=O)F)cc(F)c2F)cc1.Cc1ccc(-c2nc(C(=O)OC(C)C)cc(F)c2F)cc1. The van der Waals surface area contributed by atoms with Crippen LogP contribution in [0.3, 0.4) is 0 Å². The molecule has 0 aliphatic rings. The molecule has 0 N–H and O–H groups in total. The molecular formula is C42H31Cl3F5N3O4. The van der Waals surface area contributed by atoms with Crippen molar-refractivity contribution < 1.29 is 41.1 Å². The fourth-order valence-corrected chi connectivity index (χ4v) is 5.28. The van der Waals surface area contributed by atoms with Crippen molar-refractivity contribution in [2.45, 2.75) is 40.7 Å². The van der Waals surface area contributed by atoms with Crippen LogP contribution in [0, 0.1) is 44.0 Å². The van der Waals surface area contributed by atoms with E-state index >= 15 is 0 Å². The fourth-order valence-electron chi connectivity index (χ4n) is 4.78. The van der Waals surface area contributed by atoms with E-state index in [-0.39, 0.29) is 39.5 Å². The Kier molecular flexibility index (Phi) is 15.1. The van der Waals surface area contributed by atoms with Crippen molar-refractivity contribution in [1.29, 1.82) is 0 Å². The van der Waals surface area contributed by atoms with Crippen LogP contribution in [0.5, 0.6) is 0 Å². The van der Waals surface area contributed by atoms with Crippen LogP contribution in [0.1, 0.15) is 62.0 Å². The van der Waals surface area contributed by atoms with E-state index in [0.717, 1.165) is 28.3 Å². The molecule has 15 heteroatoms. The van der Waals surface area contributed by atoms with Crippen LogP contribution < -0.4 is 0 Å². The topological polar surface area (TPSA) is 99.1 Å². The molecule has 0 radical (unpaired) electrons. The molecule has 0 atom stereocenters. The van der Waals surface area contributed by atoms with Crippen LogP contribution in [0.2, 0.25) is 10.0 Å². The van der Waals surface area contributed by atoms with Crippen LogP contribution >= 0.6 is 34.8 Å². The van der Waals surface area contributed by atoms with E-state index in [2.05, 4.69) is 15.0 Å². The van der Waals surface area contributed by atoms with Gasteiger partial charge in [0.05, 0.1) is 21.8 Å². The molecule has 0 unspecified atom stereocenters. The molecule has 7 nitrogen and oxygen atoms in total. The Morgan fingerprint density at radius 3 is 1.33 bits per heavy atom. The summed E-state index contributed by atoms with van der Waals surface area (Å²) in [6, 6.07) is 21.4. The van der Waals surface area contributed by atoms with E-state index in [4.69, 9.17) is 39.5 Å². The fraction of sp³-hybridized carbons (Fsp3) is 0.143. The van der Waals surface area contributed by atoms with Crippen molar-refractivity contribution in [1.82, 2.24) is 15.0 Å². The number of aromatic nitrogens is 3. The Hall–Kier alpha value is -5.56. The van der Waals surface area contributed by atoms with Gasteiger partial charge in [0.15, 0.2) is 29.0 Å². The number of hydrogen-bond acceptors (Lipinski definition) is 7. The van der Waals surface area contributed by atoms with Crippen molar-refractivity contribution in [2.24, 2.45) is 0 Å². The summed E-state index contributed by atoms with van der Waals surface area (Å²) in [5.74, 6) is -5.50. The zero-order chi connectivity index (χ0) is 42.1. The summed E-state index contributed by atoms with van der Waals surface area (Å²) in [7, 11) is 0. The Morgan fingerprint density at radius 1 is 0.579 bits per heavy atom. The van der Waals surface area contributed by atoms with Gasteiger partial charge in [0.2, 0.25) is 0 Å². The summed E-state index contributed by atoms with van der Waals surface area (Å²) >= 11 is 17.5. The highest BCUT2D eigenvalue weighted by Gasteiger charge is 2.21. The highest BCUT2D eigenvalue weighted by molar-refractivity contribution is 6.67. The molecule has 3 aromatic heterocycles. The quantitative estimate of drug-likeness (QED) is 0.0896. The maximum Gasteiger partial charge on any atom is 0.357 e. The minimum atomic E-state index is -1.90. The van der Waals surface area contributed by atoms with E-state index < -0.39 is 46.2 Å². The second-order valence-corrected chi connectivity index (χ2v) is 13.7. The van der Waals surface area contributed by atoms with Gasteiger partial charge in [-0.15, -0.1) is 0 Å². The molecule has 3 heterocycles.